The van der Waals surface area contributed by atoms with Crippen LogP contribution in [-0.4, -0.2) is 67.1 Å². The minimum Gasteiger partial charge on any atom is -0.304 e. The van der Waals surface area contributed by atoms with Crippen LogP contribution in [0.25, 0.3) is 0 Å². The van der Waals surface area contributed by atoms with Crippen LogP contribution in [0.15, 0.2) is 0 Å². The van der Waals surface area contributed by atoms with Gasteiger partial charge in [-0.15, -0.1) is 0 Å². The Kier molecular flexibility index (Phi) is 9.82. The molecule has 0 spiro atoms. The predicted molar refractivity (Wildman–Crippen MR) is 70.6 cm³/mol. The van der Waals surface area contributed by atoms with Crippen LogP contribution in [0.3, 0.4) is 0 Å². The fourth-order valence-electron chi connectivity index (χ4n) is 1.28. The zero-order chi connectivity index (χ0) is 28.6. The van der Waals surface area contributed by atoms with Gasteiger partial charge in [-0.2, -0.15) is 69.9 Å². The maximum Gasteiger partial charge on any atom is 0.483 e. The van der Waals surface area contributed by atoms with Crippen LogP contribution in [-0.2, 0) is 19.6 Å². The average molecular weight is 576 g/mol. The largest absolute Gasteiger partial charge is 0.483 e. The summed E-state index contributed by atoms with van der Waals surface area (Å²) < 4.78 is 238. The van der Waals surface area contributed by atoms with Crippen molar-refractivity contribution in [3.05, 3.63) is 0 Å². The number of halogens is 17. The summed E-state index contributed by atoms with van der Waals surface area (Å²) in [7, 11) is -6.99. The third-order valence-electron chi connectivity index (χ3n) is 3.02. The molecule has 0 rings (SSSR count). The number of hydrogen-bond acceptors (Lipinski definition) is 4. The normalized spacial score (nSPS) is 17.1. The van der Waals surface area contributed by atoms with Gasteiger partial charge in [0.2, 0.25) is 0 Å². The molecule has 208 valence electrons. The molecule has 23 heteroatoms. The van der Waals surface area contributed by atoms with E-state index in [0.717, 1.165) is 0 Å². The lowest BCUT2D eigenvalue weighted by atomic mass is 9.99. The maximum absolute atomic E-state index is 13.1. The molecule has 1 atom stereocenters. The molecular formula is C11H9F17O5S. The van der Waals surface area contributed by atoms with Crippen LogP contribution >= 0.6 is 0 Å². The van der Waals surface area contributed by atoms with E-state index in [2.05, 4.69) is 4.74 Å². The van der Waals surface area contributed by atoms with E-state index in [0.29, 0.717) is 0 Å². The van der Waals surface area contributed by atoms with Gasteiger partial charge in [-0.05, 0) is 0 Å². The third-order valence-corrected chi connectivity index (χ3v) is 3.91. The van der Waals surface area contributed by atoms with Crippen molar-refractivity contribution in [3.8, 4) is 0 Å². The Morgan fingerprint density at radius 3 is 1.24 bits per heavy atom. The lowest BCUT2D eigenvalue weighted by Crippen LogP contribution is -2.64. The zero-order valence-electron chi connectivity index (χ0n) is 15.6. The summed E-state index contributed by atoms with van der Waals surface area (Å²) in [4.78, 5) is 0. The van der Waals surface area contributed by atoms with Crippen molar-refractivity contribution in [1.29, 1.82) is 0 Å². The Bertz CT molecular complexity index is 781. The van der Waals surface area contributed by atoms with Crippen LogP contribution in [0.4, 0.5) is 74.6 Å². The summed E-state index contributed by atoms with van der Waals surface area (Å²) in [6, 6.07) is 0. The lowest BCUT2D eigenvalue weighted by molar-refractivity contribution is -0.476. The van der Waals surface area contributed by atoms with E-state index in [-0.39, 0.29) is 0 Å². The fourth-order valence-corrected chi connectivity index (χ4v) is 1.62. The molecule has 0 amide bonds. The SMILES string of the molecule is CC(F)(F)C(F)(F)C(F)(OCF)C(C)(F)F.O=S(=O)(O)C(F)(F)C(F)(F)OC(F)(F)C(F)(F)F. The second-order valence-electron chi connectivity index (χ2n) is 5.83. The number of alkyl halides is 17. The topological polar surface area (TPSA) is 72.8 Å². The van der Waals surface area contributed by atoms with Gasteiger partial charge in [-0.1, -0.05) is 0 Å². The second-order valence-corrected chi connectivity index (χ2v) is 7.29. The first kappa shape index (κ1) is 34.8. The fraction of sp³-hybridized carbons (Fsp3) is 1.00. The van der Waals surface area contributed by atoms with Crippen LogP contribution in [0.2, 0.25) is 0 Å². The quantitative estimate of drug-likeness (QED) is 0.279. The Balaban J connectivity index is 0. The highest BCUT2D eigenvalue weighted by Crippen LogP contribution is 2.52. The highest BCUT2D eigenvalue weighted by atomic mass is 32.2. The zero-order valence-corrected chi connectivity index (χ0v) is 16.4. The molecule has 34 heavy (non-hydrogen) atoms. The molecule has 0 aromatic carbocycles. The third kappa shape index (κ3) is 6.86. The number of rotatable bonds is 9. The Hall–Kier alpha value is -1.36. The number of hydrogen-bond donors (Lipinski definition) is 1. The average Bonchev–Trinajstić information content (AvgIpc) is 2.49. The minimum atomic E-state index is -6.99. The van der Waals surface area contributed by atoms with E-state index in [1.54, 1.807) is 0 Å². The molecule has 0 aliphatic carbocycles. The molecule has 0 saturated carbocycles. The van der Waals surface area contributed by atoms with Crippen molar-refractivity contribution in [3.63, 3.8) is 0 Å². The molecule has 0 aliphatic heterocycles. The first-order valence-corrected chi connectivity index (χ1v) is 8.60. The predicted octanol–water partition coefficient (Wildman–Crippen LogP) is 5.77. The Labute approximate surface area is 176 Å². The monoisotopic (exact) mass is 576 g/mol. The van der Waals surface area contributed by atoms with Crippen molar-refractivity contribution < 1.29 is 97.1 Å². The summed E-state index contributed by atoms with van der Waals surface area (Å²) in [6.07, 6.45) is -20.4. The summed E-state index contributed by atoms with van der Waals surface area (Å²) in [5, 5.41) is -6.70. The van der Waals surface area contributed by atoms with Crippen molar-refractivity contribution in [2.45, 2.75) is 61.1 Å². The molecule has 0 aromatic heterocycles. The standard InChI is InChI=1S/C7H8F8O.C4HF9O4S/c1-4(9,10)6(13,14)7(15,16-3-8)5(2,11)12;5-1(6,7)2(8,9)17-3(10,11)4(12,13)18(14,15)16/h3H2,1-2H3;(H,14,15,16). The van der Waals surface area contributed by atoms with Gasteiger partial charge in [0.15, 0.2) is 6.86 Å². The maximum atomic E-state index is 13.1. The number of ether oxygens (including phenoxy) is 2. The van der Waals surface area contributed by atoms with Gasteiger partial charge in [-0.25, -0.2) is 17.9 Å². The first-order valence-electron chi connectivity index (χ1n) is 7.16. The van der Waals surface area contributed by atoms with Crippen LogP contribution in [0.1, 0.15) is 13.8 Å². The molecule has 0 aliphatic rings. The molecule has 5 nitrogen and oxygen atoms in total. The smallest absolute Gasteiger partial charge is 0.304 e. The summed E-state index contributed by atoms with van der Waals surface area (Å²) in [5.41, 5.74) is 0. The lowest BCUT2D eigenvalue weighted by Gasteiger charge is -2.38. The molecule has 0 bridgehead atoms. The molecular weight excluding hydrogens is 567 g/mol. The van der Waals surface area contributed by atoms with Crippen molar-refractivity contribution in [2.75, 3.05) is 6.86 Å². The van der Waals surface area contributed by atoms with E-state index in [4.69, 9.17) is 4.55 Å². The minimum absolute atomic E-state index is 0.414. The van der Waals surface area contributed by atoms with Gasteiger partial charge in [0.1, 0.15) is 0 Å². The van der Waals surface area contributed by atoms with Crippen molar-refractivity contribution in [1.82, 2.24) is 0 Å². The van der Waals surface area contributed by atoms with Gasteiger partial charge < -0.3 is 4.74 Å². The van der Waals surface area contributed by atoms with Gasteiger partial charge in [0.05, 0.1) is 0 Å². The first-order chi connectivity index (χ1) is 14.3. The molecule has 0 saturated heterocycles. The van der Waals surface area contributed by atoms with Gasteiger partial charge in [-0.3, -0.25) is 4.55 Å². The van der Waals surface area contributed by atoms with E-state index >= 15 is 0 Å². The Morgan fingerprint density at radius 2 is 1.03 bits per heavy atom. The molecule has 0 aromatic rings. The molecule has 1 N–H and O–H groups in total. The van der Waals surface area contributed by atoms with Gasteiger partial charge in [0.25, 0.3) is 0 Å². The van der Waals surface area contributed by atoms with E-state index in [9.17, 15) is 83.1 Å². The molecule has 0 radical (unpaired) electrons. The van der Waals surface area contributed by atoms with E-state index in [1.165, 1.54) is 4.74 Å². The van der Waals surface area contributed by atoms with Crippen LogP contribution in [0, 0.1) is 0 Å². The van der Waals surface area contributed by atoms with Crippen molar-refractivity contribution in [2.24, 2.45) is 0 Å². The highest BCUT2D eigenvalue weighted by molar-refractivity contribution is 7.86. The second kappa shape index (κ2) is 9.59. The van der Waals surface area contributed by atoms with Crippen LogP contribution in [0.5, 0.6) is 0 Å². The van der Waals surface area contributed by atoms with E-state index < -0.39 is 78.1 Å². The summed E-state index contributed by atoms with van der Waals surface area (Å²) in [6.45, 7) is -3.29. The van der Waals surface area contributed by atoms with Crippen LogP contribution < -0.4 is 0 Å². The van der Waals surface area contributed by atoms with Gasteiger partial charge in [0, 0.05) is 13.8 Å². The summed E-state index contributed by atoms with van der Waals surface area (Å²) >= 11 is 0. The highest BCUT2D eigenvalue weighted by Gasteiger charge is 2.78. The summed E-state index contributed by atoms with van der Waals surface area (Å²) in [5.74, 6) is -21.5. The molecule has 0 fully saturated rings. The van der Waals surface area contributed by atoms with Crippen molar-refractivity contribution >= 4 is 10.1 Å². The van der Waals surface area contributed by atoms with Gasteiger partial charge >= 0.3 is 57.4 Å². The molecule has 0 heterocycles. The molecule has 1 unspecified atom stereocenters. The Morgan fingerprint density at radius 1 is 0.676 bits per heavy atom. The van der Waals surface area contributed by atoms with E-state index in [1.807, 2.05) is 0 Å².